The first-order valence-corrected chi connectivity index (χ1v) is 11.7. The van der Waals surface area contributed by atoms with E-state index in [1.807, 2.05) is 7.05 Å². The molecule has 1 aliphatic carbocycles. The van der Waals surface area contributed by atoms with Crippen LogP contribution < -0.4 is 15.4 Å². The first-order valence-electron chi connectivity index (χ1n) is 11.7. The fourth-order valence-corrected chi connectivity index (χ4v) is 4.18. The molecule has 1 saturated carbocycles. The van der Waals surface area contributed by atoms with Crippen molar-refractivity contribution in [2.75, 3.05) is 37.8 Å². The highest BCUT2D eigenvalue weighted by atomic mass is 16.6. The quantitative estimate of drug-likeness (QED) is 0.503. The Morgan fingerprint density at radius 3 is 2.58 bits per heavy atom. The summed E-state index contributed by atoms with van der Waals surface area (Å²) in [5.74, 6) is 0.345. The molecule has 1 saturated heterocycles. The maximum atomic E-state index is 13.3. The second-order valence-corrected chi connectivity index (χ2v) is 9.14. The van der Waals surface area contributed by atoms with Gasteiger partial charge in [-0.2, -0.15) is 5.10 Å². The van der Waals surface area contributed by atoms with Crippen LogP contribution in [-0.2, 0) is 7.05 Å². The molecule has 1 atom stereocenters. The van der Waals surface area contributed by atoms with E-state index in [0.29, 0.717) is 11.6 Å². The van der Waals surface area contributed by atoms with Crippen molar-refractivity contribution in [2.24, 2.45) is 7.05 Å². The Bertz CT molecular complexity index is 1260. The number of ether oxygens (including phenoxy) is 1. The number of amides is 2. The lowest BCUT2D eigenvalue weighted by atomic mass is 10.2. The molecule has 2 amide bonds. The lowest BCUT2D eigenvalue weighted by Crippen LogP contribution is -2.39. The Kier molecular flexibility index (Phi) is 6.46. The zero-order chi connectivity index (χ0) is 25.2. The SMILES string of the molecule is CN1CCC(N(C)C(=O)c2c(NC(=O)Oc3nc(C4CC4)cnc3Nc3cncnc3)cnn2C)C1. The van der Waals surface area contributed by atoms with Crippen molar-refractivity contribution in [1.82, 2.24) is 39.5 Å². The van der Waals surface area contributed by atoms with Crippen LogP contribution in [0, 0.1) is 0 Å². The van der Waals surface area contributed by atoms with E-state index in [9.17, 15) is 9.59 Å². The summed E-state index contributed by atoms with van der Waals surface area (Å²) >= 11 is 0. The number of hydrogen-bond donors (Lipinski definition) is 2. The molecular weight excluding hydrogens is 464 g/mol. The van der Waals surface area contributed by atoms with Gasteiger partial charge in [-0.25, -0.2) is 24.7 Å². The molecule has 2 fully saturated rings. The third kappa shape index (κ3) is 5.10. The number of likely N-dealkylation sites (N-methyl/N-ethyl adjacent to an activating group) is 2. The number of aryl methyl sites for hydroxylation is 1. The predicted octanol–water partition coefficient (Wildman–Crippen LogP) is 2.01. The zero-order valence-corrected chi connectivity index (χ0v) is 20.4. The van der Waals surface area contributed by atoms with E-state index >= 15 is 0 Å². The summed E-state index contributed by atoms with van der Waals surface area (Å²) in [6.45, 7) is 1.72. The highest BCUT2D eigenvalue weighted by Gasteiger charge is 2.31. The van der Waals surface area contributed by atoms with E-state index in [4.69, 9.17) is 4.74 Å². The van der Waals surface area contributed by atoms with Gasteiger partial charge in [0.15, 0.2) is 5.82 Å². The number of nitrogens with zero attached hydrogens (tertiary/aromatic N) is 8. The Morgan fingerprint density at radius 2 is 1.89 bits per heavy atom. The van der Waals surface area contributed by atoms with E-state index in [1.165, 1.54) is 17.2 Å². The molecule has 3 aromatic rings. The minimum absolute atomic E-state index is 0.0173. The highest BCUT2D eigenvalue weighted by molar-refractivity contribution is 6.01. The topological polar surface area (TPSA) is 143 Å². The van der Waals surface area contributed by atoms with Crippen LogP contribution in [0.5, 0.6) is 5.88 Å². The van der Waals surface area contributed by atoms with Gasteiger partial charge in [-0.05, 0) is 32.9 Å². The molecule has 2 N–H and O–H groups in total. The molecule has 36 heavy (non-hydrogen) atoms. The van der Waals surface area contributed by atoms with Crippen LogP contribution in [0.1, 0.15) is 41.4 Å². The van der Waals surface area contributed by atoms with Gasteiger partial charge in [0.05, 0.1) is 41.9 Å². The third-order valence-electron chi connectivity index (χ3n) is 6.38. The zero-order valence-electron chi connectivity index (χ0n) is 20.4. The Morgan fingerprint density at radius 1 is 1.11 bits per heavy atom. The average molecular weight is 493 g/mol. The summed E-state index contributed by atoms with van der Waals surface area (Å²) < 4.78 is 7.01. The summed E-state index contributed by atoms with van der Waals surface area (Å²) in [5.41, 5.74) is 1.84. The van der Waals surface area contributed by atoms with Gasteiger partial charge in [0, 0.05) is 32.6 Å². The summed E-state index contributed by atoms with van der Waals surface area (Å²) in [6.07, 6.45) is 9.76. The molecule has 0 spiro atoms. The van der Waals surface area contributed by atoms with Crippen molar-refractivity contribution < 1.29 is 14.3 Å². The number of hydrogen-bond acceptors (Lipinski definition) is 10. The maximum Gasteiger partial charge on any atom is 0.418 e. The highest BCUT2D eigenvalue weighted by Crippen LogP contribution is 2.40. The van der Waals surface area contributed by atoms with Gasteiger partial charge >= 0.3 is 6.09 Å². The summed E-state index contributed by atoms with van der Waals surface area (Å²) in [4.78, 5) is 46.9. The monoisotopic (exact) mass is 492 g/mol. The largest absolute Gasteiger partial charge is 0.418 e. The summed E-state index contributed by atoms with van der Waals surface area (Å²) in [5, 5.41) is 9.85. The molecule has 1 unspecified atom stereocenters. The molecule has 188 valence electrons. The molecule has 3 aromatic heterocycles. The predicted molar refractivity (Wildman–Crippen MR) is 130 cm³/mol. The molecular formula is C23H28N10O3. The number of likely N-dealkylation sites (tertiary alicyclic amines) is 1. The molecule has 2 aliphatic rings. The smallest absolute Gasteiger partial charge is 0.387 e. The van der Waals surface area contributed by atoms with Crippen LogP contribution in [0.2, 0.25) is 0 Å². The summed E-state index contributed by atoms with van der Waals surface area (Å²) in [6, 6.07) is 0.0910. The molecule has 0 radical (unpaired) electrons. The Hall–Kier alpha value is -4.13. The van der Waals surface area contributed by atoms with Gasteiger partial charge in [-0.3, -0.25) is 14.8 Å². The van der Waals surface area contributed by atoms with Crippen LogP contribution >= 0.6 is 0 Å². The molecule has 0 bridgehead atoms. The third-order valence-corrected chi connectivity index (χ3v) is 6.38. The van der Waals surface area contributed by atoms with Crippen molar-refractivity contribution in [3.05, 3.63) is 42.5 Å². The number of rotatable bonds is 7. The molecule has 4 heterocycles. The normalized spacial score (nSPS) is 17.6. The fourth-order valence-electron chi connectivity index (χ4n) is 4.18. The molecule has 13 heteroatoms. The van der Waals surface area contributed by atoms with Gasteiger partial charge in [0.1, 0.15) is 12.0 Å². The van der Waals surface area contributed by atoms with Crippen LogP contribution in [0.15, 0.2) is 31.1 Å². The Labute approximate surface area is 207 Å². The van der Waals surface area contributed by atoms with Crippen LogP contribution in [0.3, 0.4) is 0 Å². The first-order chi connectivity index (χ1) is 17.4. The van der Waals surface area contributed by atoms with Gasteiger partial charge in [-0.15, -0.1) is 0 Å². The number of carbonyl (C=O) groups is 2. The number of anilines is 3. The van der Waals surface area contributed by atoms with Gasteiger partial charge in [-0.1, -0.05) is 0 Å². The number of aromatic nitrogens is 6. The molecule has 0 aromatic carbocycles. The maximum absolute atomic E-state index is 13.3. The van der Waals surface area contributed by atoms with Crippen molar-refractivity contribution >= 4 is 29.2 Å². The van der Waals surface area contributed by atoms with Crippen molar-refractivity contribution in [3.8, 4) is 5.88 Å². The van der Waals surface area contributed by atoms with Crippen molar-refractivity contribution in [2.45, 2.75) is 31.2 Å². The van der Waals surface area contributed by atoms with Gasteiger partial charge < -0.3 is 19.9 Å². The summed E-state index contributed by atoms with van der Waals surface area (Å²) in [7, 11) is 5.46. The molecule has 1 aliphatic heterocycles. The lowest BCUT2D eigenvalue weighted by Gasteiger charge is -2.24. The van der Waals surface area contributed by atoms with Crippen LogP contribution in [0.4, 0.5) is 22.0 Å². The second-order valence-electron chi connectivity index (χ2n) is 9.14. The number of carbonyl (C=O) groups excluding carboxylic acids is 2. The second kappa shape index (κ2) is 9.85. The van der Waals surface area contributed by atoms with E-state index in [1.54, 1.807) is 37.6 Å². The van der Waals surface area contributed by atoms with Crippen LogP contribution in [-0.4, -0.2) is 84.7 Å². The van der Waals surface area contributed by atoms with E-state index in [0.717, 1.165) is 38.0 Å². The molecule has 13 nitrogen and oxygen atoms in total. The minimum Gasteiger partial charge on any atom is -0.387 e. The van der Waals surface area contributed by atoms with E-state index in [-0.39, 0.29) is 35.0 Å². The van der Waals surface area contributed by atoms with Crippen molar-refractivity contribution in [3.63, 3.8) is 0 Å². The average Bonchev–Trinajstić information content (AvgIpc) is 3.54. The lowest BCUT2D eigenvalue weighted by molar-refractivity contribution is 0.0727. The van der Waals surface area contributed by atoms with Crippen LogP contribution in [0.25, 0.3) is 0 Å². The fraction of sp³-hybridized carbons (Fsp3) is 0.435. The van der Waals surface area contributed by atoms with Gasteiger partial charge in [0.2, 0.25) is 0 Å². The van der Waals surface area contributed by atoms with Crippen molar-refractivity contribution in [1.29, 1.82) is 0 Å². The first kappa shape index (κ1) is 23.6. The minimum atomic E-state index is -0.810. The van der Waals surface area contributed by atoms with E-state index < -0.39 is 6.09 Å². The Balaban J connectivity index is 1.33. The van der Waals surface area contributed by atoms with Gasteiger partial charge in [0.25, 0.3) is 11.8 Å². The van der Waals surface area contributed by atoms with E-state index in [2.05, 4.69) is 40.6 Å². The number of nitrogens with one attached hydrogen (secondary N) is 2. The molecule has 5 rings (SSSR count). The standard InChI is InChI=1S/C23H28N10O3/c1-31-7-6-16(12-31)32(2)22(34)19-18(11-27-33(19)3)30-23(35)36-21-20(28-15-8-24-13-25-9-15)26-10-17(29-21)14-4-5-14/h8-11,13-14,16H,4-7,12H2,1-3H3,(H,26,28)(H,30,35).